The highest BCUT2D eigenvalue weighted by Crippen LogP contribution is 2.18. The number of anilines is 1. The number of aryl methyl sites for hydroxylation is 1. The summed E-state index contributed by atoms with van der Waals surface area (Å²) in [4.78, 5) is 17.7. The molecular weight excluding hydrogens is 220 g/mol. The lowest BCUT2D eigenvalue weighted by Gasteiger charge is -2.01. The summed E-state index contributed by atoms with van der Waals surface area (Å²) in [5.74, 6) is -0.0594. The zero-order valence-corrected chi connectivity index (χ0v) is 9.75. The van der Waals surface area contributed by atoms with Gasteiger partial charge in [0.25, 0.3) is 5.91 Å². The van der Waals surface area contributed by atoms with E-state index in [4.69, 9.17) is 0 Å². The fourth-order valence-corrected chi connectivity index (χ4v) is 2.16. The summed E-state index contributed by atoms with van der Waals surface area (Å²) in [5, 5.41) is 2.83. The Labute approximate surface area is 98.2 Å². The van der Waals surface area contributed by atoms with Crippen LogP contribution in [0.15, 0.2) is 36.7 Å². The highest BCUT2D eigenvalue weighted by atomic mass is 32.1. The Morgan fingerprint density at radius 1 is 1.31 bits per heavy atom. The van der Waals surface area contributed by atoms with Crippen LogP contribution in [-0.4, -0.2) is 10.9 Å². The van der Waals surface area contributed by atoms with Crippen LogP contribution in [0, 0.1) is 0 Å². The van der Waals surface area contributed by atoms with Gasteiger partial charge in [-0.2, -0.15) is 0 Å². The molecule has 1 amide bonds. The van der Waals surface area contributed by atoms with Gasteiger partial charge in [-0.1, -0.05) is 6.92 Å². The number of hydrogen-bond acceptors (Lipinski definition) is 3. The molecule has 0 aliphatic heterocycles. The maximum atomic E-state index is 11.8. The molecule has 0 aliphatic carbocycles. The van der Waals surface area contributed by atoms with Gasteiger partial charge < -0.3 is 5.32 Å². The molecule has 3 nitrogen and oxygen atoms in total. The quantitative estimate of drug-likeness (QED) is 0.884. The van der Waals surface area contributed by atoms with E-state index in [1.54, 1.807) is 24.5 Å². The number of thiophene rings is 1. The summed E-state index contributed by atoms with van der Waals surface area (Å²) in [5.41, 5.74) is 0.770. The standard InChI is InChI=1S/C12H12N2OS/c1-2-10-3-4-11(16-10)12(15)14-9-5-7-13-8-6-9/h3-8H,2H2,1H3,(H,13,14,15). The van der Waals surface area contributed by atoms with Crippen LogP contribution in [0.3, 0.4) is 0 Å². The Balaban J connectivity index is 2.09. The summed E-state index contributed by atoms with van der Waals surface area (Å²) < 4.78 is 0. The number of amides is 1. The molecule has 0 spiro atoms. The summed E-state index contributed by atoms with van der Waals surface area (Å²) >= 11 is 1.53. The van der Waals surface area contributed by atoms with Crippen LogP contribution >= 0.6 is 11.3 Å². The van der Waals surface area contributed by atoms with Gasteiger partial charge in [0, 0.05) is 23.0 Å². The monoisotopic (exact) mass is 232 g/mol. The predicted molar refractivity (Wildman–Crippen MR) is 65.9 cm³/mol. The maximum absolute atomic E-state index is 11.8. The zero-order chi connectivity index (χ0) is 11.4. The molecule has 82 valence electrons. The summed E-state index contributed by atoms with van der Waals surface area (Å²) in [6.45, 7) is 2.08. The number of pyridine rings is 1. The van der Waals surface area contributed by atoms with Gasteiger partial charge in [0.2, 0.25) is 0 Å². The molecule has 16 heavy (non-hydrogen) atoms. The van der Waals surface area contributed by atoms with Crippen molar-refractivity contribution in [1.29, 1.82) is 0 Å². The highest BCUT2D eigenvalue weighted by Gasteiger charge is 2.08. The van der Waals surface area contributed by atoms with E-state index in [1.165, 1.54) is 16.2 Å². The number of aromatic nitrogens is 1. The van der Waals surface area contributed by atoms with Crippen LogP contribution < -0.4 is 5.32 Å². The minimum atomic E-state index is -0.0594. The van der Waals surface area contributed by atoms with E-state index >= 15 is 0 Å². The van der Waals surface area contributed by atoms with E-state index in [0.717, 1.165) is 17.0 Å². The number of hydrogen-bond donors (Lipinski definition) is 1. The maximum Gasteiger partial charge on any atom is 0.265 e. The Kier molecular flexibility index (Phi) is 3.31. The van der Waals surface area contributed by atoms with Crippen molar-refractivity contribution in [1.82, 2.24) is 4.98 Å². The van der Waals surface area contributed by atoms with Crippen molar-refractivity contribution >= 4 is 22.9 Å². The molecule has 2 rings (SSSR count). The van der Waals surface area contributed by atoms with Gasteiger partial charge in [0.05, 0.1) is 4.88 Å². The van der Waals surface area contributed by atoms with Gasteiger partial charge in [-0.25, -0.2) is 0 Å². The second-order valence-corrected chi connectivity index (χ2v) is 4.48. The fraction of sp³-hybridized carbons (Fsp3) is 0.167. The normalized spacial score (nSPS) is 10.1. The van der Waals surface area contributed by atoms with E-state index in [-0.39, 0.29) is 5.91 Å². The van der Waals surface area contributed by atoms with Crippen LogP contribution in [0.4, 0.5) is 5.69 Å². The van der Waals surface area contributed by atoms with Crippen LogP contribution in [0.2, 0.25) is 0 Å². The van der Waals surface area contributed by atoms with E-state index in [9.17, 15) is 4.79 Å². The first-order valence-electron chi connectivity index (χ1n) is 5.09. The number of carbonyl (C=O) groups is 1. The Bertz CT molecular complexity index is 479. The predicted octanol–water partition coefficient (Wildman–Crippen LogP) is 2.96. The molecular formula is C12H12N2OS. The Morgan fingerprint density at radius 3 is 2.69 bits per heavy atom. The number of nitrogens with zero attached hydrogens (tertiary/aromatic N) is 1. The van der Waals surface area contributed by atoms with Crippen molar-refractivity contribution in [3.63, 3.8) is 0 Å². The summed E-state index contributed by atoms with van der Waals surface area (Å²) in [6.07, 6.45) is 4.27. The molecule has 0 atom stereocenters. The smallest absolute Gasteiger partial charge is 0.265 e. The van der Waals surface area contributed by atoms with E-state index in [1.807, 2.05) is 12.1 Å². The molecule has 2 aromatic rings. The van der Waals surface area contributed by atoms with Crippen molar-refractivity contribution in [2.24, 2.45) is 0 Å². The average molecular weight is 232 g/mol. The van der Waals surface area contributed by atoms with E-state index in [2.05, 4.69) is 17.2 Å². The number of rotatable bonds is 3. The summed E-state index contributed by atoms with van der Waals surface area (Å²) in [6, 6.07) is 7.39. The largest absolute Gasteiger partial charge is 0.321 e. The van der Waals surface area contributed by atoms with Gasteiger partial charge >= 0.3 is 0 Å². The van der Waals surface area contributed by atoms with Crippen molar-refractivity contribution in [3.05, 3.63) is 46.4 Å². The molecule has 0 unspecified atom stereocenters. The average Bonchev–Trinajstić information content (AvgIpc) is 2.79. The van der Waals surface area contributed by atoms with E-state index < -0.39 is 0 Å². The summed E-state index contributed by atoms with van der Waals surface area (Å²) in [7, 11) is 0. The molecule has 0 aliphatic rings. The molecule has 0 fully saturated rings. The van der Waals surface area contributed by atoms with E-state index in [0.29, 0.717) is 0 Å². The first-order valence-corrected chi connectivity index (χ1v) is 5.91. The molecule has 0 bridgehead atoms. The Hall–Kier alpha value is -1.68. The minimum Gasteiger partial charge on any atom is -0.321 e. The molecule has 0 radical (unpaired) electrons. The fourth-order valence-electron chi connectivity index (χ4n) is 1.32. The Morgan fingerprint density at radius 2 is 2.06 bits per heavy atom. The topological polar surface area (TPSA) is 42.0 Å². The van der Waals surface area contributed by atoms with Gasteiger partial charge in [0.15, 0.2) is 0 Å². The molecule has 1 N–H and O–H groups in total. The second kappa shape index (κ2) is 4.90. The molecule has 2 aromatic heterocycles. The molecule has 4 heteroatoms. The zero-order valence-electron chi connectivity index (χ0n) is 8.93. The highest BCUT2D eigenvalue weighted by molar-refractivity contribution is 7.14. The van der Waals surface area contributed by atoms with Crippen LogP contribution in [0.1, 0.15) is 21.5 Å². The first kappa shape index (κ1) is 10.8. The van der Waals surface area contributed by atoms with Crippen LogP contribution in [-0.2, 0) is 6.42 Å². The van der Waals surface area contributed by atoms with Gasteiger partial charge in [-0.3, -0.25) is 9.78 Å². The van der Waals surface area contributed by atoms with Crippen molar-refractivity contribution in [2.75, 3.05) is 5.32 Å². The number of nitrogens with one attached hydrogen (secondary N) is 1. The van der Waals surface area contributed by atoms with Gasteiger partial charge in [0.1, 0.15) is 0 Å². The lowest BCUT2D eigenvalue weighted by molar-refractivity contribution is 0.103. The molecule has 0 aromatic carbocycles. The van der Waals surface area contributed by atoms with Crippen LogP contribution in [0.25, 0.3) is 0 Å². The molecule has 0 saturated heterocycles. The minimum absolute atomic E-state index is 0.0594. The van der Waals surface area contributed by atoms with Crippen molar-refractivity contribution < 1.29 is 4.79 Å². The van der Waals surface area contributed by atoms with Gasteiger partial charge in [-0.15, -0.1) is 11.3 Å². The lowest BCUT2D eigenvalue weighted by Crippen LogP contribution is -2.09. The SMILES string of the molecule is CCc1ccc(C(=O)Nc2ccncc2)s1. The number of carbonyl (C=O) groups excluding carboxylic acids is 1. The molecule has 2 heterocycles. The van der Waals surface area contributed by atoms with Crippen molar-refractivity contribution in [3.8, 4) is 0 Å². The first-order chi connectivity index (χ1) is 7.79. The van der Waals surface area contributed by atoms with Crippen molar-refractivity contribution in [2.45, 2.75) is 13.3 Å². The third-order valence-electron chi connectivity index (χ3n) is 2.17. The lowest BCUT2D eigenvalue weighted by atomic mass is 10.3. The third kappa shape index (κ3) is 2.46. The van der Waals surface area contributed by atoms with Crippen LogP contribution in [0.5, 0.6) is 0 Å². The second-order valence-electron chi connectivity index (χ2n) is 3.31. The van der Waals surface area contributed by atoms with Gasteiger partial charge in [-0.05, 0) is 30.7 Å². The molecule has 0 saturated carbocycles. The third-order valence-corrected chi connectivity index (χ3v) is 3.40.